The van der Waals surface area contributed by atoms with E-state index in [1.165, 1.54) is 0 Å². The molecule has 4 aromatic rings. The Morgan fingerprint density at radius 1 is 0.848 bits per heavy atom. The maximum absolute atomic E-state index is 9.75. The van der Waals surface area contributed by atoms with E-state index in [9.17, 15) is 17.3 Å². The molecule has 0 radical (unpaired) electrons. The number of fused-ring (bicyclic) bond motifs is 1. The van der Waals surface area contributed by atoms with E-state index >= 15 is 0 Å². The van der Waals surface area contributed by atoms with E-state index in [0.717, 1.165) is 39.1 Å². The van der Waals surface area contributed by atoms with Crippen LogP contribution in [0.5, 0.6) is 11.5 Å². The summed E-state index contributed by atoms with van der Waals surface area (Å²) in [5, 5.41) is 2.36. The molecule has 1 aromatic heterocycles. The number of hydrogen-bond acceptors (Lipinski definition) is 3. The monoisotopic (exact) mass is 479 g/mol. The van der Waals surface area contributed by atoms with Gasteiger partial charge in [-0.2, -0.15) is 0 Å². The van der Waals surface area contributed by atoms with Crippen LogP contribution in [0.4, 0.5) is 23.0 Å². The van der Waals surface area contributed by atoms with Crippen molar-refractivity contribution in [2.45, 2.75) is 0 Å². The summed E-state index contributed by atoms with van der Waals surface area (Å²) in [7, 11) is -2.73. The van der Waals surface area contributed by atoms with Gasteiger partial charge in [0.05, 0.1) is 31.7 Å². The summed E-state index contributed by atoms with van der Waals surface area (Å²) in [6.07, 6.45) is 0. The smallest absolute Gasteiger partial charge is 0.497 e. The van der Waals surface area contributed by atoms with Gasteiger partial charge in [0.15, 0.2) is 5.75 Å². The average Bonchev–Trinajstić information content (AvgIpc) is 2.78. The minimum absolute atomic E-state index is 0.635. The molecule has 0 bridgehead atoms. The molecule has 0 saturated heterocycles. The van der Waals surface area contributed by atoms with Crippen LogP contribution in [0.2, 0.25) is 5.02 Å². The zero-order valence-electron chi connectivity index (χ0n) is 17.6. The van der Waals surface area contributed by atoms with E-state index in [-0.39, 0.29) is 0 Å². The van der Waals surface area contributed by atoms with Crippen molar-refractivity contribution >= 4 is 35.5 Å². The summed E-state index contributed by atoms with van der Waals surface area (Å²) >= 11 is 6.24. The summed E-state index contributed by atoms with van der Waals surface area (Å²) < 4.78 is 56.0. The molecule has 0 amide bonds. The molecule has 0 aliphatic rings. The van der Waals surface area contributed by atoms with E-state index < -0.39 is 7.25 Å². The van der Waals surface area contributed by atoms with Gasteiger partial charge in [0.1, 0.15) is 17.1 Å². The number of ether oxygens (including phenoxy) is 2. The van der Waals surface area contributed by atoms with Gasteiger partial charge in [0, 0.05) is 10.6 Å². The van der Waals surface area contributed by atoms with E-state index in [1.807, 2.05) is 72.8 Å². The van der Waals surface area contributed by atoms with Gasteiger partial charge >= 0.3 is 7.25 Å². The lowest BCUT2D eigenvalue weighted by Crippen LogP contribution is -2.70. The van der Waals surface area contributed by atoms with Gasteiger partial charge in [-0.15, -0.1) is 0 Å². The van der Waals surface area contributed by atoms with E-state index in [1.54, 1.807) is 14.2 Å². The lowest BCUT2D eigenvalue weighted by Gasteiger charge is -2.05. The first-order valence-corrected chi connectivity index (χ1v) is 10.0. The van der Waals surface area contributed by atoms with Gasteiger partial charge in [-0.3, -0.25) is 0 Å². The molecular weight excluding hydrogens is 461 g/mol. The molecule has 0 aliphatic heterocycles. The summed E-state index contributed by atoms with van der Waals surface area (Å²) in [6.45, 7) is 0. The van der Waals surface area contributed by atoms with Gasteiger partial charge in [-0.05, 0) is 30.3 Å². The van der Waals surface area contributed by atoms with Crippen molar-refractivity contribution in [3.63, 3.8) is 0 Å². The van der Waals surface area contributed by atoms with Gasteiger partial charge in [0.25, 0.3) is 0 Å². The summed E-state index contributed by atoms with van der Waals surface area (Å²) in [4.78, 5) is 3.45. The molecule has 4 rings (SSSR count). The number of rotatable bonds is 4. The lowest BCUT2D eigenvalue weighted by atomic mass is 10.1. The van der Waals surface area contributed by atoms with Crippen molar-refractivity contribution in [2.75, 3.05) is 14.2 Å². The Labute approximate surface area is 192 Å². The Balaban J connectivity index is 0.000000555. The van der Waals surface area contributed by atoms with Crippen LogP contribution < -0.4 is 19.8 Å². The minimum atomic E-state index is -6.00. The second kappa shape index (κ2) is 10.4. The minimum Gasteiger partial charge on any atom is -0.497 e. The quantitative estimate of drug-likeness (QED) is 0.316. The largest absolute Gasteiger partial charge is 0.673 e. The van der Waals surface area contributed by atoms with E-state index in [4.69, 9.17) is 25.5 Å². The van der Waals surface area contributed by atoms with E-state index in [2.05, 4.69) is 4.99 Å². The van der Waals surface area contributed by atoms with Crippen LogP contribution in [-0.4, -0.2) is 21.5 Å². The predicted molar refractivity (Wildman–Crippen MR) is 120 cm³/mol. The maximum Gasteiger partial charge on any atom is 0.673 e. The highest BCUT2D eigenvalue weighted by atomic mass is 35.5. The van der Waals surface area contributed by atoms with Crippen LogP contribution in [0, 0.1) is 0 Å². The molecule has 4 nitrogen and oxygen atoms in total. The Morgan fingerprint density at radius 2 is 1.55 bits per heavy atom. The van der Waals surface area contributed by atoms with Crippen molar-refractivity contribution in [3.8, 4) is 22.8 Å². The Kier molecular flexibility index (Phi) is 7.65. The topological polar surface area (TPSA) is 45.6 Å². The van der Waals surface area contributed by atoms with Crippen LogP contribution in [-0.2, 0) is 0 Å². The second-order valence-electron chi connectivity index (χ2n) is 6.72. The number of nitrogens with one attached hydrogen (secondary N) is 1. The normalized spacial score (nSPS) is 11.7. The Morgan fingerprint density at radius 3 is 2.18 bits per heavy atom. The number of hydrogen-bond donors (Lipinski definition) is 1. The second-order valence-corrected chi connectivity index (χ2v) is 7.15. The van der Waals surface area contributed by atoms with Gasteiger partial charge in [0.2, 0.25) is 11.0 Å². The van der Waals surface area contributed by atoms with Crippen LogP contribution >= 0.6 is 11.6 Å². The molecular formula is C23H19BClF4NO3. The fourth-order valence-electron chi connectivity index (χ4n) is 3.06. The van der Waals surface area contributed by atoms with Gasteiger partial charge in [-0.1, -0.05) is 41.9 Å². The molecule has 0 unspecified atom stereocenters. The molecule has 0 spiro atoms. The number of benzene rings is 3. The molecule has 0 atom stereocenters. The average molecular weight is 480 g/mol. The van der Waals surface area contributed by atoms with Crippen molar-refractivity contribution < 1.29 is 36.1 Å². The molecule has 0 fully saturated rings. The Hall–Kier alpha value is -3.46. The van der Waals surface area contributed by atoms with Gasteiger partial charge < -0.3 is 31.2 Å². The summed E-state index contributed by atoms with van der Waals surface area (Å²) in [6, 6.07) is 23.1. The van der Waals surface area contributed by atoms with Crippen molar-refractivity contribution in [1.82, 2.24) is 0 Å². The van der Waals surface area contributed by atoms with Crippen LogP contribution in [0.15, 0.2) is 77.2 Å². The van der Waals surface area contributed by atoms with Crippen LogP contribution in [0.25, 0.3) is 22.3 Å². The summed E-state index contributed by atoms with van der Waals surface area (Å²) in [5.41, 5.74) is 2.50. The van der Waals surface area contributed by atoms with Crippen molar-refractivity contribution in [3.05, 3.63) is 83.2 Å². The first-order chi connectivity index (χ1) is 15.7. The molecule has 10 heteroatoms. The van der Waals surface area contributed by atoms with E-state index in [0.29, 0.717) is 10.8 Å². The molecule has 33 heavy (non-hydrogen) atoms. The van der Waals surface area contributed by atoms with Crippen LogP contribution in [0.1, 0.15) is 0 Å². The number of halogens is 5. The molecule has 1 N–H and O–H groups in total. The lowest BCUT2D eigenvalue weighted by molar-refractivity contribution is -0.401. The third-order valence-corrected chi connectivity index (χ3v) is 4.70. The standard InChI is InChI=1S/C23H18ClNO3.BF4/c1-26-17-9-11-22(27-2)20(13-17)25-19-14-23(15-6-4-3-5-7-15)28-21-10-8-16(24)12-18(19)21;2-1(3,4)5/h3-14H,1-2H3;/q;-1/p+1. The highest BCUT2D eigenvalue weighted by Gasteiger charge is 2.20. The Bertz CT molecular complexity index is 1300. The molecule has 3 aromatic carbocycles. The fraction of sp³-hybridized carbons (Fsp3) is 0.0870. The molecule has 172 valence electrons. The predicted octanol–water partition coefficient (Wildman–Crippen LogP) is 5.38. The first-order valence-electron chi connectivity index (χ1n) is 9.66. The summed E-state index contributed by atoms with van der Waals surface area (Å²) in [5.74, 6) is 2.19. The SMILES string of the molecule is COc1ccc(OC)c([NH+]=c2cc(-c3ccccc3)oc3ccc(Cl)cc23)c1.F[B-](F)(F)F. The maximum atomic E-state index is 9.75. The third kappa shape index (κ3) is 6.76. The first kappa shape index (κ1) is 24.2. The van der Waals surface area contributed by atoms with Crippen molar-refractivity contribution in [2.24, 2.45) is 0 Å². The zero-order chi connectivity index (χ0) is 24.0. The van der Waals surface area contributed by atoms with Crippen molar-refractivity contribution in [1.29, 1.82) is 0 Å². The van der Waals surface area contributed by atoms with Gasteiger partial charge in [-0.25, -0.2) is 4.99 Å². The fourth-order valence-corrected chi connectivity index (χ4v) is 3.24. The zero-order valence-corrected chi connectivity index (χ0v) is 18.4. The van der Waals surface area contributed by atoms with Crippen LogP contribution in [0.3, 0.4) is 0 Å². The highest BCUT2D eigenvalue weighted by Crippen LogP contribution is 2.25. The molecule has 0 saturated carbocycles. The molecule has 0 aliphatic carbocycles. The number of methoxy groups -OCH3 is 2. The third-order valence-electron chi connectivity index (χ3n) is 4.46. The molecule has 1 heterocycles. The highest BCUT2D eigenvalue weighted by molar-refractivity contribution is 6.50.